The lowest BCUT2D eigenvalue weighted by Crippen LogP contribution is -2.55. The smallest absolute Gasteiger partial charge is 0.0948 e. The highest BCUT2D eigenvalue weighted by Gasteiger charge is 2.43. The zero-order valence-electron chi connectivity index (χ0n) is 11.9. The first-order valence-electron chi connectivity index (χ1n) is 6.99. The fourth-order valence-electron chi connectivity index (χ4n) is 3.26. The highest BCUT2D eigenvalue weighted by atomic mass is 16.3. The summed E-state index contributed by atoms with van der Waals surface area (Å²) in [5.74, 6) is 0.262. The van der Waals surface area contributed by atoms with Crippen molar-refractivity contribution in [2.24, 2.45) is 5.92 Å². The van der Waals surface area contributed by atoms with E-state index in [9.17, 15) is 5.11 Å². The third-order valence-corrected chi connectivity index (χ3v) is 4.41. The van der Waals surface area contributed by atoms with E-state index in [1.807, 2.05) is 30.3 Å². The summed E-state index contributed by atoms with van der Waals surface area (Å²) in [7, 11) is 0. The first-order valence-corrected chi connectivity index (χ1v) is 6.99. The summed E-state index contributed by atoms with van der Waals surface area (Å²) < 4.78 is 0. The summed E-state index contributed by atoms with van der Waals surface area (Å²) in [4.78, 5) is 2.49. The molecule has 0 bridgehead atoms. The van der Waals surface area contributed by atoms with Gasteiger partial charge in [-0.25, -0.2) is 0 Å². The van der Waals surface area contributed by atoms with Gasteiger partial charge in [0.15, 0.2) is 0 Å². The fraction of sp³-hybridized carbons (Fsp3) is 0.625. The lowest BCUT2D eigenvalue weighted by Gasteiger charge is -2.48. The van der Waals surface area contributed by atoms with Gasteiger partial charge in [0.1, 0.15) is 0 Å². The van der Waals surface area contributed by atoms with Gasteiger partial charge in [-0.2, -0.15) is 0 Å². The first kappa shape index (κ1) is 13.6. The third-order valence-electron chi connectivity index (χ3n) is 4.41. The molecule has 0 radical (unpaired) electrons. The number of hydrogen-bond donors (Lipinski definition) is 1. The van der Waals surface area contributed by atoms with Crippen molar-refractivity contribution in [2.75, 3.05) is 6.54 Å². The molecule has 1 aromatic rings. The van der Waals surface area contributed by atoms with Gasteiger partial charge in [0.2, 0.25) is 0 Å². The molecule has 1 aromatic carbocycles. The van der Waals surface area contributed by atoms with Crippen LogP contribution in [0.15, 0.2) is 30.3 Å². The van der Waals surface area contributed by atoms with E-state index in [1.54, 1.807) is 0 Å². The summed E-state index contributed by atoms with van der Waals surface area (Å²) in [6.07, 6.45) is 0.816. The molecular weight excluding hydrogens is 222 g/mol. The average molecular weight is 247 g/mol. The van der Waals surface area contributed by atoms with Crippen molar-refractivity contribution in [1.82, 2.24) is 4.90 Å². The van der Waals surface area contributed by atoms with Gasteiger partial charge >= 0.3 is 0 Å². The molecule has 0 saturated carbocycles. The Morgan fingerprint density at radius 3 is 2.39 bits per heavy atom. The Bertz CT molecular complexity index is 389. The molecule has 3 atom stereocenters. The number of nitrogens with zero attached hydrogens (tertiary/aromatic N) is 1. The molecule has 1 aliphatic rings. The van der Waals surface area contributed by atoms with Crippen molar-refractivity contribution < 1.29 is 5.11 Å². The predicted octanol–water partition coefficient (Wildman–Crippen LogP) is 3.01. The molecule has 1 saturated heterocycles. The minimum absolute atomic E-state index is 0.262. The Kier molecular flexibility index (Phi) is 3.79. The van der Waals surface area contributed by atoms with Crippen molar-refractivity contribution >= 4 is 0 Å². The Morgan fingerprint density at radius 2 is 1.83 bits per heavy atom. The average Bonchev–Trinajstić information content (AvgIpc) is 2.34. The summed E-state index contributed by atoms with van der Waals surface area (Å²) in [5.41, 5.74) is 0.388. The molecule has 2 rings (SSSR count). The topological polar surface area (TPSA) is 23.5 Å². The van der Waals surface area contributed by atoms with E-state index in [1.165, 1.54) is 0 Å². The molecular formula is C16H25NO. The molecule has 1 aliphatic heterocycles. The summed E-state index contributed by atoms with van der Waals surface area (Å²) in [6, 6.07) is 11.1. The molecule has 0 spiro atoms. The monoisotopic (exact) mass is 247 g/mol. The fourth-order valence-corrected chi connectivity index (χ4v) is 3.26. The van der Waals surface area contributed by atoms with Gasteiger partial charge in [-0.3, -0.25) is 4.90 Å². The standard InChI is InChI=1S/C16H25NO/c1-12(2)17-11-13(3)16(18,10-14(17)4)15-8-6-5-7-9-15/h5-9,12-14,18H,10-11H2,1-4H3/t13-,14+,16+/m0/s1. The molecule has 1 heterocycles. The van der Waals surface area contributed by atoms with E-state index in [4.69, 9.17) is 0 Å². The van der Waals surface area contributed by atoms with E-state index in [0.29, 0.717) is 12.1 Å². The molecule has 0 unspecified atom stereocenters. The lowest BCUT2D eigenvalue weighted by atomic mass is 9.74. The number of rotatable bonds is 2. The molecule has 1 fully saturated rings. The molecule has 0 aliphatic carbocycles. The number of benzene rings is 1. The van der Waals surface area contributed by atoms with Crippen molar-refractivity contribution in [3.8, 4) is 0 Å². The second-order valence-corrected chi connectivity index (χ2v) is 6.04. The van der Waals surface area contributed by atoms with Gasteiger partial charge in [0.05, 0.1) is 5.60 Å². The maximum absolute atomic E-state index is 11.1. The molecule has 2 nitrogen and oxygen atoms in total. The van der Waals surface area contributed by atoms with Crippen LogP contribution in [0.3, 0.4) is 0 Å². The zero-order valence-corrected chi connectivity index (χ0v) is 11.9. The molecule has 2 heteroatoms. The Balaban J connectivity index is 2.26. The molecule has 100 valence electrons. The molecule has 0 amide bonds. The van der Waals surface area contributed by atoms with Crippen LogP contribution in [0.2, 0.25) is 0 Å². The van der Waals surface area contributed by atoms with Crippen molar-refractivity contribution in [3.05, 3.63) is 35.9 Å². The normalized spacial score (nSPS) is 33.9. The van der Waals surface area contributed by atoms with Crippen LogP contribution in [0.25, 0.3) is 0 Å². The highest BCUT2D eigenvalue weighted by molar-refractivity contribution is 5.24. The molecule has 18 heavy (non-hydrogen) atoms. The largest absolute Gasteiger partial charge is 0.385 e. The minimum atomic E-state index is -0.675. The summed E-state index contributed by atoms with van der Waals surface area (Å²) in [6.45, 7) is 9.81. The van der Waals surface area contributed by atoms with Crippen LogP contribution >= 0.6 is 0 Å². The number of piperidine rings is 1. The lowest BCUT2D eigenvalue weighted by molar-refractivity contribution is -0.0974. The van der Waals surface area contributed by atoms with E-state index in [-0.39, 0.29) is 5.92 Å². The Labute approximate surface area is 111 Å². The van der Waals surface area contributed by atoms with Gasteiger partial charge in [-0.1, -0.05) is 37.3 Å². The van der Waals surface area contributed by atoms with Crippen LogP contribution < -0.4 is 0 Å². The first-order chi connectivity index (χ1) is 8.45. The van der Waals surface area contributed by atoms with Gasteiger partial charge in [0.25, 0.3) is 0 Å². The minimum Gasteiger partial charge on any atom is -0.385 e. The van der Waals surface area contributed by atoms with E-state index in [0.717, 1.165) is 18.5 Å². The van der Waals surface area contributed by atoms with Crippen LogP contribution in [0.5, 0.6) is 0 Å². The van der Waals surface area contributed by atoms with Crippen LogP contribution in [-0.2, 0) is 5.60 Å². The Morgan fingerprint density at radius 1 is 1.22 bits per heavy atom. The van der Waals surface area contributed by atoms with Crippen LogP contribution in [-0.4, -0.2) is 28.6 Å². The van der Waals surface area contributed by atoms with Crippen LogP contribution in [0.4, 0.5) is 0 Å². The van der Waals surface area contributed by atoms with E-state index < -0.39 is 5.60 Å². The maximum atomic E-state index is 11.1. The predicted molar refractivity (Wildman–Crippen MR) is 75.4 cm³/mol. The van der Waals surface area contributed by atoms with Crippen molar-refractivity contribution in [2.45, 2.75) is 51.8 Å². The van der Waals surface area contributed by atoms with E-state index in [2.05, 4.69) is 32.6 Å². The molecule has 0 aromatic heterocycles. The quantitative estimate of drug-likeness (QED) is 0.868. The van der Waals surface area contributed by atoms with E-state index >= 15 is 0 Å². The van der Waals surface area contributed by atoms with Crippen LogP contribution in [0.1, 0.15) is 39.7 Å². The van der Waals surface area contributed by atoms with Gasteiger partial charge in [-0.15, -0.1) is 0 Å². The van der Waals surface area contributed by atoms with Crippen LogP contribution in [0, 0.1) is 5.92 Å². The summed E-state index contributed by atoms with van der Waals surface area (Å²) >= 11 is 0. The Hall–Kier alpha value is -0.860. The third kappa shape index (κ3) is 2.32. The second kappa shape index (κ2) is 5.02. The van der Waals surface area contributed by atoms with Crippen molar-refractivity contribution in [3.63, 3.8) is 0 Å². The number of aliphatic hydroxyl groups is 1. The van der Waals surface area contributed by atoms with Crippen molar-refractivity contribution in [1.29, 1.82) is 0 Å². The number of likely N-dealkylation sites (tertiary alicyclic amines) is 1. The molecule has 1 N–H and O–H groups in total. The second-order valence-electron chi connectivity index (χ2n) is 6.04. The van der Waals surface area contributed by atoms with Gasteiger partial charge in [-0.05, 0) is 32.8 Å². The summed E-state index contributed by atoms with van der Waals surface area (Å²) in [5, 5.41) is 11.1. The maximum Gasteiger partial charge on any atom is 0.0948 e. The van der Waals surface area contributed by atoms with Gasteiger partial charge in [0, 0.05) is 24.5 Å². The number of hydrogen-bond acceptors (Lipinski definition) is 2. The highest BCUT2D eigenvalue weighted by Crippen LogP contribution is 2.40. The SMILES string of the molecule is CC(C)N1C[C@H](C)[C@@](O)(c2ccccc2)C[C@H]1C. The zero-order chi connectivity index (χ0) is 13.3. The van der Waals surface area contributed by atoms with Gasteiger partial charge < -0.3 is 5.11 Å².